The van der Waals surface area contributed by atoms with E-state index in [9.17, 15) is 18.3 Å². The zero-order chi connectivity index (χ0) is 23.8. The van der Waals surface area contributed by atoms with Crippen molar-refractivity contribution in [3.05, 3.63) is 53.9 Å². The van der Waals surface area contributed by atoms with E-state index in [1.54, 1.807) is 34.2 Å². The summed E-state index contributed by atoms with van der Waals surface area (Å²) in [5, 5.41) is 9.60. The van der Waals surface area contributed by atoms with Crippen molar-refractivity contribution in [1.29, 1.82) is 0 Å². The Morgan fingerprint density at radius 1 is 1.30 bits per heavy atom. The van der Waals surface area contributed by atoms with Gasteiger partial charge in [-0.3, -0.25) is 4.79 Å². The van der Waals surface area contributed by atoms with Crippen molar-refractivity contribution in [2.45, 2.75) is 50.5 Å². The van der Waals surface area contributed by atoms with Crippen molar-refractivity contribution in [3.63, 3.8) is 0 Å². The number of carboxylic acids is 1. The molecule has 2 atom stereocenters. The average molecular weight is 475 g/mol. The van der Waals surface area contributed by atoms with Crippen molar-refractivity contribution < 1.29 is 27.8 Å². The van der Waals surface area contributed by atoms with Crippen molar-refractivity contribution in [2.24, 2.45) is 0 Å². The average Bonchev–Trinajstić information content (AvgIpc) is 3.39. The number of carbonyl (C=O) groups is 1. The number of hydrogen-bond donors (Lipinski definition) is 1. The van der Waals surface area contributed by atoms with E-state index in [-0.39, 0.29) is 18.6 Å². The number of fused-ring (bicyclic) bond motifs is 1. The van der Waals surface area contributed by atoms with E-state index in [1.165, 1.54) is 0 Å². The predicted octanol–water partition coefficient (Wildman–Crippen LogP) is 3.49. The summed E-state index contributed by atoms with van der Waals surface area (Å²) in [6.45, 7) is 4.52. The van der Waals surface area contributed by atoms with E-state index in [2.05, 4.69) is 0 Å². The maximum absolute atomic E-state index is 13.3. The van der Waals surface area contributed by atoms with Crippen LogP contribution in [-0.4, -0.2) is 59.9 Å². The molecule has 178 valence electrons. The molecule has 0 spiro atoms. The molecular weight excluding hydrogens is 444 g/mol. The topological polar surface area (TPSA) is 98.1 Å². The molecule has 1 aromatic heterocycles. The number of ether oxygens (including phenoxy) is 2. The molecule has 8 nitrogen and oxygen atoms in total. The minimum absolute atomic E-state index is 0.0210. The second-order valence-corrected chi connectivity index (χ2v) is 10.9. The van der Waals surface area contributed by atoms with Crippen LogP contribution in [0.15, 0.2) is 48.4 Å². The third-order valence-corrected chi connectivity index (χ3v) is 8.32. The number of methoxy groups -OCH3 is 1. The smallest absolute Gasteiger partial charge is 0.323 e. The number of benzene rings is 1. The lowest BCUT2D eigenvalue weighted by Gasteiger charge is -2.24. The van der Waals surface area contributed by atoms with Gasteiger partial charge < -0.3 is 19.1 Å². The monoisotopic (exact) mass is 474 g/mol. The predicted molar refractivity (Wildman–Crippen MR) is 126 cm³/mol. The Hall–Kier alpha value is -2.78. The van der Waals surface area contributed by atoms with Crippen LogP contribution < -0.4 is 4.74 Å². The quantitative estimate of drug-likeness (QED) is 0.629. The van der Waals surface area contributed by atoms with Crippen LogP contribution >= 0.6 is 0 Å². The van der Waals surface area contributed by atoms with Crippen LogP contribution in [0.5, 0.6) is 5.75 Å². The number of aliphatic carboxylic acids is 1. The second kappa shape index (κ2) is 9.23. The van der Waals surface area contributed by atoms with Gasteiger partial charge in [0.2, 0.25) is 10.0 Å². The lowest BCUT2D eigenvalue weighted by Crippen LogP contribution is -2.36. The first-order chi connectivity index (χ1) is 15.7. The molecule has 33 heavy (non-hydrogen) atoms. The Bertz CT molecular complexity index is 1210. The summed E-state index contributed by atoms with van der Waals surface area (Å²) < 4.78 is 40.9. The first-order valence-corrected chi connectivity index (χ1v) is 12.6. The second-order valence-electron chi connectivity index (χ2n) is 8.78. The Balaban J connectivity index is 1.56. The van der Waals surface area contributed by atoms with Crippen molar-refractivity contribution in [2.75, 3.05) is 20.2 Å². The molecule has 1 aromatic carbocycles. The SMILES string of the molecule is COc1ccc2c(c1)c(C1CCN(S(=O)(=O)C3C=CC(OC(C)C)=CC3)C1)cn2CC(=O)O. The number of hydrogen-bond acceptors (Lipinski definition) is 5. The van der Waals surface area contributed by atoms with Crippen LogP contribution in [-0.2, 0) is 26.1 Å². The fraction of sp³-hybridized carbons (Fsp3) is 0.458. The summed E-state index contributed by atoms with van der Waals surface area (Å²) in [5.41, 5.74) is 1.75. The maximum atomic E-state index is 13.3. The molecular formula is C24H30N2O6S. The van der Waals surface area contributed by atoms with E-state index >= 15 is 0 Å². The van der Waals surface area contributed by atoms with Gasteiger partial charge in [-0.2, -0.15) is 0 Å². The third-order valence-electron chi connectivity index (χ3n) is 6.16. The van der Waals surface area contributed by atoms with Gasteiger partial charge in [-0.15, -0.1) is 0 Å². The summed E-state index contributed by atoms with van der Waals surface area (Å²) in [6, 6.07) is 5.54. The molecule has 0 saturated carbocycles. The molecule has 1 saturated heterocycles. The minimum Gasteiger partial charge on any atom is -0.497 e. The molecule has 1 aliphatic heterocycles. The van der Waals surface area contributed by atoms with Gasteiger partial charge in [0.05, 0.1) is 18.5 Å². The molecule has 2 aromatic rings. The van der Waals surface area contributed by atoms with E-state index in [1.807, 2.05) is 38.3 Å². The molecule has 1 aliphatic carbocycles. The summed E-state index contributed by atoms with van der Waals surface area (Å²) in [6.07, 6.45) is 8.23. The standard InChI is InChI=1S/C24H30N2O6S/c1-16(2)32-18-4-7-20(8-5-18)33(29,30)26-11-10-17(13-26)22-14-25(15-24(27)28)23-9-6-19(31-3)12-21(22)23/h4-7,9,12,14,16-17,20H,8,10-11,13,15H2,1-3H3,(H,27,28). The van der Waals surface area contributed by atoms with Gasteiger partial charge in [-0.05, 0) is 62.6 Å². The lowest BCUT2D eigenvalue weighted by atomic mass is 9.98. The number of allylic oxidation sites excluding steroid dienone is 2. The van der Waals surface area contributed by atoms with Crippen molar-refractivity contribution in [3.8, 4) is 5.75 Å². The Morgan fingerprint density at radius 3 is 2.73 bits per heavy atom. The van der Waals surface area contributed by atoms with Crippen LogP contribution in [0.2, 0.25) is 0 Å². The van der Waals surface area contributed by atoms with E-state index in [0.29, 0.717) is 37.4 Å². The zero-order valence-corrected chi connectivity index (χ0v) is 19.9. The van der Waals surface area contributed by atoms with Crippen LogP contribution in [0.3, 0.4) is 0 Å². The zero-order valence-electron chi connectivity index (χ0n) is 19.1. The van der Waals surface area contributed by atoms with E-state index < -0.39 is 21.2 Å². The first kappa shape index (κ1) is 23.4. The first-order valence-electron chi connectivity index (χ1n) is 11.1. The molecule has 1 fully saturated rings. The highest BCUT2D eigenvalue weighted by Crippen LogP contribution is 2.37. The molecule has 9 heteroatoms. The Labute approximate surface area is 194 Å². The highest BCUT2D eigenvalue weighted by molar-refractivity contribution is 7.89. The fourth-order valence-electron chi connectivity index (χ4n) is 4.60. The highest BCUT2D eigenvalue weighted by atomic mass is 32.2. The molecule has 4 rings (SSSR count). The number of sulfonamides is 1. The van der Waals surface area contributed by atoms with Crippen molar-refractivity contribution in [1.82, 2.24) is 8.87 Å². The van der Waals surface area contributed by atoms with E-state index in [0.717, 1.165) is 16.5 Å². The molecule has 0 radical (unpaired) electrons. The minimum atomic E-state index is -3.51. The molecule has 2 unspecified atom stereocenters. The molecule has 2 aliphatic rings. The summed E-state index contributed by atoms with van der Waals surface area (Å²) in [4.78, 5) is 11.4. The molecule has 0 bridgehead atoms. The van der Waals surface area contributed by atoms with Crippen molar-refractivity contribution >= 4 is 26.9 Å². The van der Waals surface area contributed by atoms with Gasteiger partial charge in [0, 0.05) is 36.1 Å². The summed E-state index contributed by atoms with van der Waals surface area (Å²) >= 11 is 0. The third kappa shape index (κ3) is 4.79. The normalized spacial score (nSPS) is 21.5. The van der Waals surface area contributed by atoms with Gasteiger partial charge in [0.25, 0.3) is 0 Å². The molecule has 1 N–H and O–H groups in total. The van der Waals surface area contributed by atoms with E-state index in [4.69, 9.17) is 9.47 Å². The van der Waals surface area contributed by atoms with Crippen LogP contribution in [0.25, 0.3) is 10.9 Å². The van der Waals surface area contributed by atoms with Crippen LogP contribution in [0.1, 0.15) is 38.2 Å². The molecule has 2 heterocycles. The van der Waals surface area contributed by atoms with Gasteiger partial charge >= 0.3 is 5.97 Å². The molecule has 0 amide bonds. The Kier molecular flexibility index (Phi) is 6.54. The van der Waals surface area contributed by atoms with Gasteiger partial charge in [-0.25, -0.2) is 12.7 Å². The van der Waals surface area contributed by atoms with Gasteiger partial charge in [0.15, 0.2) is 0 Å². The summed E-state index contributed by atoms with van der Waals surface area (Å²) in [5.74, 6) is 0.434. The summed E-state index contributed by atoms with van der Waals surface area (Å²) in [7, 11) is -1.93. The fourth-order valence-corrected chi connectivity index (χ4v) is 6.35. The number of rotatable bonds is 8. The van der Waals surface area contributed by atoms with Gasteiger partial charge in [-0.1, -0.05) is 6.08 Å². The van der Waals surface area contributed by atoms with Crippen LogP contribution in [0, 0.1) is 0 Å². The van der Waals surface area contributed by atoms with Gasteiger partial charge in [0.1, 0.15) is 18.1 Å². The Morgan fingerprint density at radius 2 is 2.09 bits per heavy atom. The maximum Gasteiger partial charge on any atom is 0.323 e. The van der Waals surface area contributed by atoms with Crippen LogP contribution in [0.4, 0.5) is 0 Å². The number of aromatic nitrogens is 1. The number of nitrogens with zero attached hydrogens (tertiary/aromatic N) is 2. The number of carboxylic acid groups (broad SMARTS) is 1. The largest absolute Gasteiger partial charge is 0.497 e. The highest BCUT2D eigenvalue weighted by Gasteiger charge is 2.37. The lowest BCUT2D eigenvalue weighted by molar-refractivity contribution is -0.137.